The van der Waals surface area contributed by atoms with E-state index < -0.39 is 0 Å². The van der Waals surface area contributed by atoms with Crippen LogP contribution < -0.4 is 10.2 Å². The molecule has 0 aliphatic carbocycles. The maximum atomic E-state index is 13.1. The number of nitrogens with zero attached hydrogens (tertiary/aromatic N) is 2. The number of carbonyl (C=O) groups excluding carboxylic acids is 1. The number of benzene rings is 2. The highest BCUT2D eigenvalue weighted by Gasteiger charge is 2.23. The zero-order valence-electron chi connectivity index (χ0n) is 15.5. The Balaban J connectivity index is 1.69. The van der Waals surface area contributed by atoms with Crippen LogP contribution in [0, 0.1) is 0 Å². The number of hydrogen-bond donors (Lipinski definition) is 1. The van der Waals surface area contributed by atoms with Gasteiger partial charge in [-0.2, -0.15) is 0 Å². The monoisotopic (exact) mass is 357 g/mol. The fourth-order valence-electron chi connectivity index (χ4n) is 3.68. The van der Waals surface area contributed by atoms with E-state index in [9.17, 15) is 4.79 Å². The Kier molecular flexibility index (Phi) is 4.88. The molecule has 0 fully saturated rings. The summed E-state index contributed by atoms with van der Waals surface area (Å²) >= 11 is 0. The van der Waals surface area contributed by atoms with Gasteiger partial charge in [0.15, 0.2) is 0 Å². The Morgan fingerprint density at radius 2 is 1.89 bits per heavy atom. The number of anilines is 3. The Morgan fingerprint density at radius 3 is 2.78 bits per heavy atom. The molecule has 0 saturated heterocycles. The maximum absolute atomic E-state index is 13.1. The highest BCUT2D eigenvalue weighted by Crippen LogP contribution is 2.34. The number of para-hydroxylation sites is 2. The summed E-state index contributed by atoms with van der Waals surface area (Å²) in [5.41, 5.74) is 5.03. The van der Waals surface area contributed by atoms with Crippen LogP contribution in [0.4, 0.5) is 17.2 Å². The van der Waals surface area contributed by atoms with Gasteiger partial charge in [0.2, 0.25) is 0 Å². The van der Waals surface area contributed by atoms with Crippen LogP contribution in [0.25, 0.3) is 0 Å². The van der Waals surface area contributed by atoms with Gasteiger partial charge >= 0.3 is 0 Å². The molecule has 3 aromatic rings. The molecule has 2 aromatic carbocycles. The lowest BCUT2D eigenvalue weighted by atomic mass is 10.0. The van der Waals surface area contributed by atoms with E-state index >= 15 is 0 Å². The molecule has 0 unspecified atom stereocenters. The van der Waals surface area contributed by atoms with Crippen LogP contribution in [0.2, 0.25) is 0 Å². The second-order valence-corrected chi connectivity index (χ2v) is 6.72. The first kappa shape index (κ1) is 17.3. The molecule has 0 spiro atoms. The van der Waals surface area contributed by atoms with Crippen molar-refractivity contribution in [2.45, 2.75) is 26.2 Å². The normalized spacial score (nSPS) is 13.1. The average Bonchev–Trinajstić information content (AvgIpc) is 2.73. The zero-order chi connectivity index (χ0) is 18.6. The smallest absolute Gasteiger partial charge is 0.259 e. The van der Waals surface area contributed by atoms with E-state index in [1.54, 1.807) is 6.20 Å². The van der Waals surface area contributed by atoms with E-state index in [2.05, 4.69) is 40.3 Å². The van der Waals surface area contributed by atoms with Gasteiger partial charge in [0.05, 0.1) is 5.56 Å². The van der Waals surface area contributed by atoms with Gasteiger partial charge < -0.3 is 10.2 Å². The van der Waals surface area contributed by atoms with Gasteiger partial charge in [-0.3, -0.25) is 4.79 Å². The first-order chi connectivity index (χ1) is 13.3. The van der Waals surface area contributed by atoms with Crippen molar-refractivity contribution in [1.82, 2.24) is 4.98 Å². The number of hydrogen-bond acceptors (Lipinski definition) is 3. The molecule has 0 atom stereocenters. The summed E-state index contributed by atoms with van der Waals surface area (Å²) in [6.45, 7) is 2.95. The number of carbonyl (C=O) groups is 1. The van der Waals surface area contributed by atoms with Gasteiger partial charge in [0.25, 0.3) is 5.91 Å². The first-order valence-corrected chi connectivity index (χ1v) is 9.47. The summed E-state index contributed by atoms with van der Waals surface area (Å²) < 4.78 is 0. The molecule has 1 aromatic heterocycles. The summed E-state index contributed by atoms with van der Waals surface area (Å²) in [6.07, 6.45) is 4.73. The predicted molar refractivity (Wildman–Crippen MR) is 110 cm³/mol. The van der Waals surface area contributed by atoms with Crippen molar-refractivity contribution >= 4 is 23.1 Å². The largest absolute Gasteiger partial charge is 0.325 e. The van der Waals surface area contributed by atoms with Gasteiger partial charge in [0, 0.05) is 24.1 Å². The van der Waals surface area contributed by atoms with Gasteiger partial charge in [-0.25, -0.2) is 4.98 Å². The predicted octanol–water partition coefficient (Wildman–Crippen LogP) is 4.98. The number of nitrogens with one attached hydrogen (secondary N) is 1. The molecular weight excluding hydrogens is 334 g/mol. The lowest BCUT2D eigenvalue weighted by Crippen LogP contribution is -2.28. The van der Waals surface area contributed by atoms with Crippen LogP contribution in [-0.2, 0) is 12.8 Å². The summed E-state index contributed by atoms with van der Waals surface area (Å²) in [4.78, 5) is 19.8. The molecule has 0 radical (unpaired) electrons. The minimum Gasteiger partial charge on any atom is -0.325 e. The third-order valence-corrected chi connectivity index (χ3v) is 5.04. The van der Waals surface area contributed by atoms with E-state index in [1.807, 2.05) is 42.5 Å². The molecule has 1 aliphatic heterocycles. The lowest BCUT2D eigenvalue weighted by molar-refractivity contribution is 0.102. The lowest BCUT2D eigenvalue weighted by Gasteiger charge is -2.31. The van der Waals surface area contributed by atoms with Gasteiger partial charge in [0.1, 0.15) is 5.82 Å². The second kappa shape index (κ2) is 7.62. The van der Waals surface area contributed by atoms with Crippen molar-refractivity contribution < 1.29 is 4.79 Å². The SMILES string of the molecule is CCc1ccccc1NC(=O)c1cccnc1N1CCCc2ccccc21. The van der Waals surface area contributed by atoms with Crippen molar-refractivity contribution in [1.29, 1.82) is 0 Å². The molecule has 4 nitrogen and oxygen atoms in total. The fraction of sp³-hybridized carbons (Fsp3) is 0.217. The van der Waals surface area contributed by atoms with Crippen molar-refractivity contribution in [3.8, 4) is 0 Å². The Hall–Kier alpha value is -3.14. The molecule has 4 heteroatoms. The van der Waals surface area contributed by atoms with E-state index in [-0.39, 0.29) is 5.91 Å². The third kappa shape index (κ3) is 3.43. The van der Waals surface area contributed by atoms with E-state index in [1.165, 1.54) is 5.56 Å². The molecule has 1 aliphatic rings. The van der Waals surface area contributed by atoms with E-state index in [0.29, 0.717) is 5.56 Å². The highest BCUT2D eigenvalue weighted by atomic mass is 16.1. The zero-order valence-corrected chi connectivity index (χ0v) is 15.5. The molecule has 1 N–H and O–H groups in total. The first-order valence-electron chi connectivity index (χ1n) is 9.47. The highest BCUT2D eigenvalue weighted by molar-refractivity contribution is 6.08. The van der Waals surface area contributed by atoms with Crippen molar-refractivity contribution in [3.63, 3.8) is 0 Å². The molecule has 4 rings (SSSR count). The van der Waals surface area contributed by atoms with Crippen LogP contribution in [0.1, 0.15) is 34.8 Å². The van der Waals surface area contributed by atoms with Gasteiger partial charge in [-0.05, 0) is 54.7 Å². The van der Waals surface area contributed by atoms with Gasteiger partial charge in [-0.1, -0.05) is 43.3 Å². The standard InChI is InChI=1S/C23H23N3O/c1-2-17-9-3-5-13-20(17)25-23(27)19-12-7-15-24-22(19)26-16-8-11-18-10-4-6-14-21(18)26/h3-7,9-10,12-15H,2,8,11,16H2,1H3,(H,25,27). The second-order valence-electron chi connectivity index (χ2n) is 6.72. The van der Waals surface area contributed by atoms with Crippen LogP contribution >= 0.6 is 0 Å². The van der Waals surface area contributed by atoms with E-state index in [0.717, 1.165) is 48.6 Å². The summed E-state index contributed by atoms with van der Waals surface area (Å²) in [5.74, 6) is 0.596. The topological polar surface area (TPSA) is 45.2 Å². The number of amides is 1. The maximum Gasteiger partial charge on any atom is 0.259 e. The Bertz CT molecular complexity index is 967. The van der Waals surface area contributed by atoms with Crippen LogP contribution in [0.5, 0.6) is 0 Å². The Morgan fingerprint density at radius 1 is 1.07 bits per heavy atom. The van der Waals surface area contributed by atoms with Crippen molar-refractivity contribution in [3.05, 3.63) is 83.6 Å². The summed E-state index contributed by atoms with van der Waals surface area (Å²) in [5, 5.41) is 3.08. The molecule has 1 amide bonds. The molecule has 136 valence electrons. The van der Waals surface area contributed by atoms with Crippen LogP contribution in [-0.4, -0.2) is 17.4 Å². The number of fused-ring (bicyclic) bond motifs is 1. The Labute approximate surface area is 159 Å². The molecule has 0 bridgehead atoms. The third-order valence-electron chi connectivity index (χ3n) is 5.04. The molecule has 27 heavy (non-hydrogen) atoms. The minimum atomic E-state index is -0.123. The van der Waals surface area contributed by atoms with Crippen molar-refractivity contribution in [2.75, 3.05) is 16.8 Å². The molecule has 0 saturated carbocycles. The number of pyridine rings is 1. The molecular formula is C23H23N3O. The fourth-order valence-corrected chi connectivity index (χ4v) is 3.68. The van der Waals surface area contributed by atoms with Crippen LogP contribution in [0.15, 0.2) is 66.9 Å². The molecule has 2 heterocycles. The van der Waals surface area contributed by atoms with Crippen LogP contribution in [0.3, 0.4) is 0 Å². The summed E-state index contributed by atoms with van der Waals surface area (Å²) in [7, 11) is 0. The quantitative estimate of drug-likeness (QED) is 0.716. The average molecular weight is 357 g/mol. The van der Waals surface area contributed by atoms with E-state index in [4.69, 9.17) is 0 Å². The van der Waals surface area contributed by atoms with Gasteiger partial charge in [-0.15, -0.1) is 0 Å². The number of aryl methyl sites for hydroxylation is 2. The minimum absolute atomic E-state index is 0.123. The van der Waals surface area contributed by atoms with Crippen molar-refractivity contribution in [2.24, 2.45) is 0 Å². The number of aromatic nitrogens is 1. The summed E-state index contributed by atoms with van der Waals surface area (Å²) in [6, 6.07) is 20.0. The number of rotatable bonds is 4.